The van der Waals surface area contributed by atoms with E-state index < -0.39 is 14.0 Å². The molecule has 0 radical (unpaired) electrons. The maximum atomic E-state index is 16.6. The average molecular weight is 621 g/mol. The van der Waals surface area contributed by atoms with Crippen LogP contribution >= 0.6 is 14.0 Å². The fourth-order valence-electron chi connectivity index (χ4n) is 6.06. The van der Waals surface area contributed by atoms with Crippen molar-refractivity contribution in [1.29, 1.82) is 0 Å². The summed E-state index contributed by atoms with van der Waals surface area (Å²) >= 11 is 0. The summed E-state index contributed by atoms with van der Waals surface area (Å²) in [5.74, 6) is 0.412. The number of amides is 1. The smallest absolute Gasteiger partial charge is 0.262 e. The number of hydrogen-bond donors (Lipinski definition) is 0. The molecular weight excluding hydrogens is 590 g/mol. The highest BCUT2D eigenvalue weighted by Crippen LogP contribution is 2.65. The molecule has 1 aliphatic heterocycles. The van der Waals surface area contributed by atoms with Gasteiger partial charge < -0.3 is 4.57 Å². The maximum absolute atomic E-state index is 16.6. The van der Waals surface area contributed by atoms with Gasteiger partial charge in [-0.2, -0.15) is 0 Å². The van der Waals surface area contributed by atoms with Crippen LogP contribution in [0.15, 0.2) is 187 Å². The summed E-state index contributed by atoms with van der Waals surface area (Å²) in [7, 11) is -3.74. The lowest BCUT2D eigenvalue weighted by Gasteiger charge is -2.29. The lowest BCUT2D eigenvalue weighted by molar-refractivity contribution is 0.267. The van der Waals surface area contributed by atoms with Crippen molar-refractivity contribution in [3.05, 3.63) is 182 Å². The van der Waals surface area contributed by atoms with Crippen LogP contribution in [0.3, 0.4) is 0 Å². The van der Waals surface area contributed by atoms with Gasteiger partial charge in [0.1, 0.15) is 0 Å². The molecule has 0 saturated carbocycles. The van der Waals surface area contributed by atoms with Crippen molar-refractivity contribution < 1.29 is 9.36 Å². The number of nitrogens with zero attached hydrogens (tertiary/aromatic N) is 2. The third-order valence-electron chi connectivity index (χ3n) is 8.04. The zero-order valence-electron chi connectivity index (χ0n) is 24.4. The van der Waals surface area contributed by atoms with Crippen LogP contribution in [-0.2, 0) is 4.57 Å². The number of anilines is 1. The second-order valence-corrected chi connectivity index (χ2v) is 16.9. The van der Waals surface area contributed by atoms with Crippen LogP contribution in [0.4, 0.5) is 16.2 Å². The van der Waals surface area contributed by atoms with Gasteiger partial charge in [0.05, 0.1) is 23.3 Å². The molecule has 0 fully saturated rings. The highest BCUT2D eigenvalue weighted by molar-refractivity contribution is 8.19. The van der Waals surface area contributed by atoms with Crippen LogP contribution in [0.2, 0.25) is 0 Å². The molecule has 0 aromatic heterocycles. The number of rotatable bonds is 7. The standard InChI is InChI=1S/C39H30N2O2P2/c42-39-41(32-21-9-2-10-22-32)37(40-31-19-7-1-8-20-31)38(44(39,33-23-11-3-12-24-33)34-25-13-4-14-26-34)45(43,35-27-15-5-16-28-35)36-29-17-6-18-30-36/h1-30H. The Morgan fingerprint density at radius 3 is 1.31 bits per heavy atom. The van der Waals surface area contributed by atoms with Gasteiger partial charge in [0.2, 0.25) is 0 Å². The van der Waals surface area contributed by atoms with Crippen LogP contribution < -0.4 is 26.1 Å². The highest BCUT2D eigenvalue weighted by Gasteiger charge is 2.55. The Morgan fingerprint density at radius 1 is 0.489 bits per heavy atom. The predicted octanol–water partition coefficient (Wildman–Crippen LogP) is 8.17. The van der Waals surface area contributed by atoms with E-state index in [9.17, 15) is 0 Å². The van der Waals surface area contributed by atoms with Gasteiger partial charge in [0.25, 0.3) is 5.65 Å². The Balaban J connectivity index is 1.76. The summed E-state index contributed by atoms with van der Waals surface area (Å²) < 4.78 is 16.6. The van der Waals surface area contributed by atoms with Gasteiger partial charge in [-0.15, -0.1) is 0 Å². The molecule has 0 N–H and O–H groups in total. The van der Waals surface area contributed by atoms with Gasteiger partial charge >= 0.3 is 0 Å². The molecule has 0 atom stereocenters. The molecule has 1 heterocycles. The molecule has 0 aliphatic carbocycles. The van der Waals surface area contributed by atoms with Crippen molar-refractivity contribution in [3.8, 4) is 0 Å². The zero-order valence-corrected chi connectivity index (χ0v) is 26.2. The Hall–Kier alpha value is -5.01. The molecule has 1 aliphatic rings. The van der Waals surface area contributed by atoms with Gasteiger partial charge in [0, 0.05) is 10.6 Å². The van der Waals surface area contributed by atoms with E-state index in [-0.39, 0.29) is 5.65 Å². The predicted molar refractivity (Wildman–Crippen MR) is 192 cm³/mol. The molecule has 6 aromatic rings. The Bertz CT molecular complexity index is 2000. The number of para-hydroxylation sites is 2. The first-order valence-electron chi connectivity index (χ1n) is 14.8. The molecule has 1 amide bonds. The second kappa shape index (κ2) is 12.2. The molecule has 0 spiro atoms. The number of carbonyl (C=O) groups excluding carboxylic acids is 1. The number of amidine groups is 1. The topological polar surface area (TPSA) is 49.7 Å². The molecule has 0 saturated heterocycles. The molecule has 0 unspecified atom stereocenters. The van der Waals surface area contributed by atoms with Gasteiger partial charge in [-0.3, -0.25) is 9.69 Å². The van der Waals surface area contributed by atoms with Crippen molar-refractivity contribution >= 4 is 63.1 Å². The largest absolute Gasteiger partial charge is 0.308 e. The number of hydrogen-bond acceptors (Lipinski definition) is 3. The lowest BCUT2D eigenvalue weighted by Crippen LogP contribution is -2.35. The average Bonchev–Trinajstić information content (AvgIpc) is 3.38. The third-order valence-corrected chi connectivity index (χ3v) is 16.4. The van der Waals surface area contributed by atoms with Gasteiger partial charge in [0.15, 0.2) is 13.0 Å². The number of benzene rings is 6. The van der Waals surface area contributed by atoms with Crippen LogP contribution in [0.5, 0.6) is 0 Å². The molecule has 6 heteroatoms. The van der Waals surface area contributed by atoms with Crippen molar-refractivity contribution in [2.24, 2.45) is 4.99 Å². The van der Waals surface area contributed by atoms with Crippen molar-refractivity contribution in [1.82, 2.24) is 0 Å². The van der Waals surface area contributed by atoms with E-state index in [0.717, 1.165) is 10.6 Å². The first kappa shape index (κ1) is 28.7. The monoisotopic (exact) mass is 620 g/mol. The van der Waals surface area contributed by atoms with E-state index in [1.54, 1.807) is 4.90 Å². The lowest BCUT2D eigenvalue weighted by atomic mass is 10.3. The molecule has 6 aromatic carbocycles. The molecule has 218 valence electrons. The van der Waals surface area contributed by atoms with Crippen LogP contribution in [0.25, 0.3) is 0 Å². The summed E-state index contributed by atoms with van der Waals surface area (Å²) in [6.45, 7) is -3.31. The molecule has 4 nitrogen and oxygen atoms in total. The first-order chi connectivity index (χ1) is 22.1. The molecule has 45 heavy (non-hydrogen) atoms. The number of aliphatic imine (C=N–C) groups is 1. The second-order valence-electron chi connectivity index (χ2n) is 10.7. The summed E-state index contributed by atoms with van der Waals surface area (Å²) in [4.78, 5) is 22.7. The fraction of sp³-hybridized carbons (Fsp3) is 0. The van der Waals surface area contributed by atoms with Gasteiger partial charge in [-0.25, -0.2) is 4.99 Å². The van der Waals surface area contributed by atoms with Crippen LogP contribution in [0.1, 0.15) is 0 Å². The van der Waals surface area contributed by atoms with E-state index in [2.05, 4.69) is 0 Å². The Morgan fingerprint density at radius 2 is 0.867 bits per heavy atom. The van der Waals surface area contributed by atoms with Crippen molar-refractivity contribution in [2.45, 2.75) is 0 Å². The van der Waals surface area contributed by atoms with E-state index in [1.807, 2.05) is 182 Å². The zero-order chi connectivity index (χ0) is 30.7. The minimum atomic E-state index is -3.74. The Labute approximate surface area is 263 Å². The quantitative estimate of drug-likeness (QED) is 0.169. The van der Waals surface area contributed by atoms with Crippen molar-refractivity contribution in [2.75, 3.05) is 4.90 Å². The summed E-state index contributed by atoms with van der Waals surface area (Å²) in [6, 6.07) is 58.2. The first-order valence-corrected chi connectivity index (χ1v) is 18.3. The minimum Gasteiger partial charge on any atom is -0.308 e. The van der Waals surface area contributed by atoms with Crippen molar-refractivity contribution in [3.63, 3.8) is 0 Å². The minimum absolute atomic E-state index is 0.122. The normalized spacial score (nSPS) is 15.4. The third kappa shape index (κ3) is 4.84. The fourth-order valence-corrected chi connectivity index (χ4v) is 15.4. The van der Waals surface area contributed by atoms with Gasteiger partial charge in [-0.05, 0) is 34.9 Å². The maximum Gasteiger partial charge on any atom is 0.262 e. The molecule has 7 rings (SSSR count). The highest BCUT2D eigenvalue weighted by atomic mass is 31.2. The van der Waals surface area contributed by atoms with Gasteiger partial charge in [-0.1, -0.05) is 158 Å². The summed E-state index contributed by atoms with van der Waals surface area (Å²) in [5, 5.41) is 3.56. The van der Waals surface area contributed by atoms with E-state index in [1.165, 1.54) is 0 Å². The molecular formula is C39H30N2O2P2. The van der Waals surface area contributed by atoms with Crippen LogP contribution in [-0.4, -0.2) is 16.5 Å². The summed E-state index contributed by atoms with van der Waals surface area (Å²) in [6.07, 6.45) is 0. The summed E-state index contributed by atoms with van der Waals surface area (Å²) in [5.41, 5.74) is 1.23. The van der Waals surface area contributed by atoms with E-state index in [4.69, 9.17) is 4.99 Å². The van der Waals surface area contributed by atoms with Crippen LogP contribution in [0, 0.1) is 0 Å². The molecule has 0 bridgehead atoms. The Kier molecular flexibility index (Phi) is 7.78. The SMILES string of the molecule is O=C1N(c2ccccc2)C(=Nc2ccccc2)C(P(=O)(c2ccccc2)c2ccccc2)=P1(c1ccccc1)c1ccccc1. The van der Waals surface area contributed by atoms with E-state index in [0.29, 0.717) is 32.9 Å². The number of carbonyl (C=O) groups is 1. The van der Waals surface area contributed by atoms with E-state index >= 15 is 9.36 Å².